The molecule has 6 nitrogen and oxygen atoms in total. The van der Waals surface area contributed by atoms with E-state index in [-0.39, 0.29) is 11.9 Å². The topological polar surface area (TPSA) is 79.0 Å². The van der Waals surface area contributed by atoms with Crippen LogP contribution >= 0.6 is 0 Å². The predicted octanol–water partition coefficient (Wildman–Crippen LogP) is 6.33. The number of nitrogens with one attached hydrogen (secondary N) is 3. The summed E-state index contributed by atoms with van der Waals surface area (Å²) in [6, 6.07) is 28.6. The number of hydrogen-bond acceptors (Lipinski definition) is 4. The maximum atomic E-state index is 12.8. The Balaban J connectivity index is 1.58. The average Bonchev–Trinajstić information content (AvgIpc) is 3.23. The number of aromatic nitrogens is 2. The van der Waals surface area contributed by atoms with Crippen LogP contribution in [0.1, 0.15) is 33.4 Å². The standard InChI is InChI=1S/C29H26N4O2/c1-19-27(28(25-13-8-9-17-30-25)33-24-12-6-7-14-26(24)35-2)22-18-21(15-16-23(22)31-19)32-29(34)20-10-4-3-5-11-20/h3-18,28,31,33H,1-2H3,(H,32,34)/t28-/m0/s1. The molecule has 1 amide bonds. The molecule has 5 aromatic rings. The van der Waals surface area contributed by atoms with Crippen LogP contribution in [0.5, 0.6) is 5.75 Å². The van der Waals surface area contributed by atoms with Gasteiger partial charge in [-0.05, 0) is 61.5 Å². The number of para-hydroxylation sites is 2. The Bertz CT molecular complexity index is 1460. The molecule has 2 heterocycles. The van der Waals surface area contributed by atoms with Crippen LogP contribution in [-0.2, 0) is 0 Å². The maximum absolute atomic E-state index is 12.8. The number of anilines is 2. The SMILES string of the molecule is COc1ccccc1N[C@@H](c1ccccn1)c1c(C)[nH]c2ccc(NC(=O)c3ccccc3)cc12. The Labute approximate surface area is 204 Å². The number of hydrogen-bond donors (Lipinski definition) is 3. The van der Waals surface area contributed by atoms with Gasteiger partial charge in [0.05, 0.1) is 24.5 Å². The Morgan fingerprint density at radius 3 is 2.49 bits per heavy atom. The number of aromatic amines is 1. The van der Waals surface area contributed by atoms with E-state index in [0.717, 1.165) is 45.0 Å². The Morgan fingerprint density at radius 1 is 0.943 bits per heavy atom. The van der Waals surface area contributed by atoms with Crippen LogP contribution < -0.4 is 15.4 Å². The summed E-state index contributed by atoms with van der Waals surface area (Å²) in [4.78, 5) is 20.9. The van der Waals surface area contributed by atoms with Gasteiger partial charge >= 0.3 is 0 Å². The summed E-state index contributed by atoms with van der Waals surface area (Å²) in [7, 11) is 1.66. The van der Waals surface area contributed by atoms with Gasteiger partial charge in [-0.2, -0.15) is 0 Å². The molecule has 0 fully saturated rings. The third kappa shape index (κ3) is 4.59. The molecule has 174 valence electrons. The van der Waals surface area contributed by atoms with Gasteiger partial charge in [0.25, 0.3) is 5.91 Å². The lowest BCUT2D eigenvalue weighted by Crippen LogP contribution is -2.15. The first-order valence-corrected chi connectivity index (χ1v) is 11.4. The summed E-state index contributed by atoms with van der Waals surface area (Å²) in [5, 5.41) is 7.67. The monoisotopic (exact) mass is 462 g/mol. The van der Waals surface area contributed by atoms with Gasteiger partial charge < -0.3 is 20.4 Å². The van der Waals surface area contributed by atoms with Gasteiger partial charge in [-0.25, -0.2) is 0 Å². The van der Waals surface area contributed by atoms with Crippen molar-refractivity contribution in [2.75, 3.05) is 17.7 Å². The Kier molecular flexibility index (Phi) is 6.18. The number of pyridine rings is 1. The second-order valence-corrected chi connectivity index (χ2v) is 8.28. The van der Waals surface area contributed by atoms with Crippen molar-refractivity contribution in [1.29, 1.82) is 0 Å². The molecule has 2 aromatic heterocycles. The first kappa shape index (κ1) is 22.2. The van der Waals surface area contributed by atoms with Gasteiger partial charge in [0.15, 0.2) is 0 Å². The number of amides is 1. The zero-order valence-electron chi connectivity index (χ0n) is 19.6. The first-order valence-electron chi connectivity index (χ1n) is 11.4. The Morgan fingerprint density at radius 2 is 1.71 bits per heavy atom. The van der Waals surface area contributed by atoms with Crippen LogP contribution in [-0.4, -0.2) is 23.0 Å². The summed E-state index contributed by atoms with van der Waals surface area (Å²) in [5.41, 5.74) is 6.14. The van der Waals surface area contributed by atoms with Gasteiger partial charge in [0.2, 0.25) is 0 Å². The van der Waals surface area contributed by atoms with Gasteiger partial charge in [0, 0.05) is 39.6 Å². The van der Waals surface area contributed by atoms with Crippen LogP contribution in [0.4, 0.5) is 11.4 Å². The minimum atomic E-state index is -0.249. The quantitative estimate of drug-likeness (QED) is 0.264. The number of carbonyl (C=O) groups is 1. The summed E-state index contributed by atoms with van der Waals surface area (Å²) in [6.45, 7) is 2.05. The fourth-order valence-electron chi connectivity index (χ4n) is 4.35. The lowest BCUT2D eigenvalue weighted by atomic mass is 9.98. The number of rotatable bonds is 7. The second-order valence-electron chi connectivity index (χ2n) is 8.28. The highest BCUT2D eigenvalue weighted by Crippen LogP contribution is 2.37. The highest BCUT2D eigenvalue weighted by molar-refractivity contribution is 6.05. The number of aryl methyl sites for hydroxylation is 1. The molecular weight excluding hydrogens is 436 g/mol. The summed E-state index contributed by atoms with van der Waals surface area (Å²) >= 11 is 0. The van der Waals surface area contributed by atoms with E-state index in [1.165, 1.54) is 0 Å². The van der Waals surface area contributed by atoms with Crippen molar-refractivity contribution in [3.63, 3.8) is 0 Å². The molecule has 3 N–H and O–H groups in total. The third-order valence-corrected chi connectivity index (χ3v) is 6.01. The minimum absolute atomic E-state index is 0.146. The number of nitrogens with zero attached hydrogens (tertiary/aromatic N) is 1. The molecule has 0 radical (unpaired) electrons. The lowest BCUT2D eigenvalue weighted by Gasteiger charge is -2.22. The molecule has 1 atom stereocenters. The highest BCUT2D eigenvalue weighted by Gasteiger charge is 2.23. The molecular formula is C29H26N4O2. The normalized spacial score (nSPS) is 11.7. The van der Waals surface area contributed by atoms with E-state index in [0.29, 0.717) is 5.56 Å². The highest BCUT2D eigenvalue weighted by atomic mass is 16.5. The molecule has 5 rings (SSSR count). The van der Waals surface area contributed by atoms with Crippen molar-refractivity contribution >= 4 is 28.2 Å². The Hall–Kier alpha value is -4.58. The molecule has 0 unspecified atom stereocenters. The smallest absolute Gasteiger partial charge is 0.255 e. The van der Waals surface area contributed by atoms with E-state index in [9.17, 15) is 4.79 Å². The molecule has 6 heteroatoms. The van der Waals surface area contributed by atoms with Crippen molar-refractivity contribution in [3.05, 3.63) is 120 Å². The van der Waals surface area contributed by atoms with Crippen molar-refractivity contribution in [1.82, 2.24) is 9.97 Å². The molecule has 0 bridgehead atoms. The van der Waals surface area contributed by atoms with Crippen molar-refractivity contribution in [2.45, 2.75) is 13.0 Å². The zero-order valence-corrected chi connectivity index (χ0v) is 19.6. The van der Waals surface area contributed by atoms with Crippen LogP contribution in [0, 0.1) is 6.92 Å². The summed E-state index contributed by atoms with van der Waals surface area (Å²) < 4.78 is 5.58. The number of ether oxygens (including phenoxy) is 1. The molecule has 35 heavy (non-hydrogen) atoms. The van der Waals surface area contributed by atoms with E-state index >= 15 is 0 Å². The minimum Gasteiger partial charge on any atom is -0.495 e. The number of fused-ring (bicyclic) bond motifs is 1. The molecule has 0 saturated heterocycles. The molecule has 0 aliphatic rings. The first-order chi connectivity index (χ1) is 17.1. The number of methoxy groups -OCH3 is 1. The molecule has 0 spiro atoms. The van der Waals surface area contributed by atoms with Crippen LogP contribution in [0.2, 0.25) is 0 Å². The van der Waals surface area contributed by atoms with Gasteiger partial charge in [-0.1, -0.05) is 36.4 Å². The van der Waals surface area contributed by atoms with Crippen LogP contribution in [0.25, 0.3) is 10.9 Å². The molecule has 0 saturated carbocycles. The van der Waals surface area contributed by atoms with Crippen molar-refractivity contribution < 1.29 is 9.53 Å². The lowest BCUT2D eigenvalue weighted by molar-refractivity contribution is 0.102. The summed E-state index contributed by atoms with van der Waals surface area (Å²) in [5.74, 6) is 0.605. The second kappa shape index (κ2) is 9.73. The largest absolute Gasteiger partial charge is 0.495 e. The fourth-order valence-corrected chi connectivity index (χ4v) is 4.35. The van der Waals surface area contributed by atoms with Crippen molar-refractivity contribution in [3.8, 4) is 5.75 Å². The number of H-pyrrole nitrogens is 1. The van der Waals surface area contributed by atoms with E-state index in [1.807, 2.05) is 78.9 Å². The third-order valence-electron chi connectivity index (χ3n) is 6.01. The van der Waals surface area contributed by atoms with Crippen LogP contribution in [0.15, 0.2) is 97.2 Å². The summed E-state index contributed by atoms with van der Waals surface area (Å²) in [6.07, 6.45) is 1.79. The van der Waals surface area contributed by atoms with Crippen LogP contribution in [0.3, 0.4) is 0 Å². The molecule has 0 aliphatic heterocycles. The van der Waals surface area contributed by atoms with E-state index in [2.05, 4.69) is 27.5 Å². The zero-order chi connectivity index (χ0) is 24.2. The van der Waals surface area contributed by atoms with E-state index < -0.39 is 0 Å². The van der Waals surface area contributed by atoms with E-state index in [4.69, 9.17) is 4.74 Å². The van der Waals surface area contributed by atoms with Gasteiger partial charge in [-0.15, -0.1) is 0 Å². The van der Waals surface area contributed by atoms with E-state index in [1.54, 1.807) is 25.4 Å². The maximum Gasteiger partial charge on any atom is 0.255 e. The molecule has 0 aliphatic carbocycles. The fraction of sp³-hybridized carbons (Fsp3) is 0.103. The van der Waals surface area contributed by atoms with Crippen molar-refractivity contribution in [2.24, 2.45) is 0 Å². The average molecular weight is 463 g/mol. The number of carbonyl (C=O) groups excluding carboxylic acids is 1. The molecule has 3 aromatic carbocycles. The van der Waals surface area contributed by atoms with Gasteiger partial charge in [-0.3, -0.25) is 9.78 Å². The van der Waals surface area contributed by atoms with Gasteiger partial charge in [0.1, 0.15) is 5.75 Å². The predicted molar refractivity (Wildman–Crippen MR) is 140 cm³/mol. The number of benzene rings is 3.